The van der Waals surface area contributed by atoms with Crippen molar-refractivity contribution in [2.24, 2.45) is 0 Å². The molecule has 0 aromatic carbocycles. The Morgan fingerprint density at radius 2 is 2.00 bits per heavy atom. The Morgan fingerprint density at radius 3 is 2.72 bits per heavy atom. The number of ether oxygens (including phenoxy) is 1. The second-order valence-electron chi connectivity index (χ2n) is 7.58. The Kier molecular flexibility index (Phi) is 4.65. The van der Waals surface area contributed by atoms with E-state index in [1.54, 1.807) is 0 Å². The minimum absolute atomic E-state index is 0.460. The zero-order chi connectivity index (χ0) is 17.4. The van der Waals surface area contributed by atoms with Crippen molar-refractivity contribution in [2.45, 2.75) is 58.6 Å². The smallest absolute Gasteiger partial charge is 0.160 e. The maximum absolute atomic E-state index is 5.78. The molecule has 0 bridgehead atoms. The highest BCUT2D eigenvalue weighted by Gasteiger charge is 2.24. The Balaban J connectivity index is 1.41. The Labute approximate surface area is 149 Å². The summed E-state index contributed by atoms with van der Waals surface area (Å²) in [5.41, 5.74) is 4.22. The quantitative estimate of drug-likeness (QED) is 0.925. The number of hydrogen-bond donors (Lipinski definition) is 1. The van der Waals surface area contributed by atoms with Gasteiger partial charge in [-0.2, -0.15) is 9.61 Å². The zero-order valence-corrected chi connectivity index (χ0v) is 15.6. The summed E-state index contributed by atoms with van der Waals surface area (Å²) in [5, 5.41) is 8.39. The number of nitrogens with one attached hydrogen (secondary N) is 1. The van der Waals surface area contributed by atoms with Crippen LogP contribution in [0.4, 0.5) is 5.82 Å². The van der Waals surface area contributed by atoms with Crippen LogP contribution in [0.1, 0.15) is 42.6 Å². The Morgan fingerprint density at radius 1 is 1.20 bits per heavy atom. The summed E-state index contributed by atoms with van der Waals surface area (Å²) in [4.78, 5) is 7.22. The molecule has 0 amide bonds. The van der Waals surface area contributed by atoms with Crippen molar-refractivity contribution in [2.75, 3.05) is 31.6 Å². The lowest BCUT2D eigenvalue weighted by Gasteiger charge is -2.34. The first-order valence-corrected chi connectivity index (χ1v) is 9.54. The Hall–Kier alpha value is -1.66. The van der Waals surface area contributed by atoms with Gasteiger partial charge in [0.25, 0.3) is 0 Å². The van der Waals surface area contributed by atoms with Crippen molar-refractivity contribution >= 4 is 11.5 Å². The van der Waals surface area contributed by atoms with Gasteiger partial charge in [0.2, 0.25) is 0 Å². The van der Waals surface area contributed by atoms with Gasteiger partial charge in [-0.1, -0.05) is 0 Å². The van der Waals surface area contributed by atoms with Crippen molar-refractivity contribution < 1.29 is 4.74 Å². The molecule has 2 aromatic rings. The molecule has 4 heterocycles. The maximum atomic E-state index is 5.78. The van der Waals surface area contributed by atoms with Crippen molar-refractivity contribution in [3.8, 4) is 0 Å². The highest BCUT2D eigenvalue weighted by Crippen LogP contribution is 2.22. The topological polar surface area (TPSA) is 54.7 Å². The van der Waals surface area contributed by atoms with Gasteiger partial charge in [-0.15, -0.1) is 0 Å². The van der Waals surface area contributed by atoms with Crippen molar-refractivity contribution in [1.82, 2.24) is 19.5 Å². The van der Waals surface area contributed by atoms with E-state index in [-0.39, 0.29) is 0 Å². The molecule has 6 heteroatoms. The molecule has 6 nitrogen and oxygen atoms in total. The number of fused-ring (bicyclic) bond motifs is 1. The molecule has 2 saturated heterocycles. The summed E-state index contributed by atoms with van der Waals surface area (Å²) in [7, 11) is 0. The number of rotatable bonds is 4. The SMILES string of the molecule is Cc1cc(NC2CCN(C[C@H]3CCCO3)CC2)n2nc(C)c(C)c2n1. The van der Waals surface area contributed by atoms with Gasteiger partial charge >= 0.3 is 0 Å². The lowest BCUT2D eigenvalue weighted by molar-refractivity contribution is 0.0654. The van der Waals surface area contributed by atoms with Crippen LogP contribution in [0.3, 0.4) is 0 Å². The maximum Gasteiger partial charge on any atom is 0.160 e. The second kappa shape index (κ2) is 6.92. The summed E-state index contributed by atoms with van der Waals surface area (Å²) in [6.45, 7) is 10.5. The molecule has 1 atom stereocenters. The van der Waals surface area contributed by atoms with Gasteiger partial charge in [0.1, 0.15) is 5.82 Å². The van der Waals surface area contributed by atoms with E-state index in [1.165, 1.54) is 12.8 Å². The van der Waals surface area contributed by atoms with Gasteiger partial charge in [0, 0.05) is 49.6 Å². The first kappa shape index (κ1) is 16.8. The summed E-state index contributed by atoms with van der Waals surface area (Å²) in [5.74, 6) is 1.07. The summed E-state index contributed by atoms with van der Waals surface area (Å²) in [6, 6.07) is 2.60. The highest BCUT2D eigenvalue weighted by molar-refractivity contribution is 5.56. The molecule has 2 aliphatic rings. The summed E-state index contributed by atoms with van der Waals surface area (Å²) < 4.78 is 7.75. The van der Waals surface area contributed by atoms with E-state index in [9.17, 15) is 0 Å². The third-order valence-corrected chi connectivity index (χ3v) is 5.61. The van der Waals surface area contributed by atoms with Gasteiger partial charge in [0.15, 0.2) is 5.65 Å². The number of piperidine rings is 1. The van der Waals surface area contributed by atoms with E-state index < -0.39 is 0 Å². The molecule has 2 aromatic heterocycles. The molecular weight excluding hydrogens is 314 g/mol. The van der Waals surface area contributed by atoms with Crippen LogP contribution in [0, 0.1) is 20.8 Å². The van der Waals surface area contributed by atoms with Gasteiger partial charge in [-0.05, 0) is 46.5 Å². The monoisotopic (exact) mass is 343 g/mol. The van der Waals surface area contributed by atoms with E-state index in [1.807, 2.05) is 11.4 Å². The fourth-order valence-corrected chi connectivity index (χ4v) is 4.00. The molecule has 25 heavy (non-hydrogen) atoms. The van der Waals surface area contributed by atoms with Crippen LogP contribution in [0.5, 0.6) is 0 Å². The van der Waals surface area contributed by atoms with E-state index >= 15 is 0 Å². The second-order valence-corrected chi connectivity index (χ2v) is 7.58. The Bertz CT molecular complexity index is 742. The molecule has 0 aliphatic carbocycles. The first-order chi connectivity index (χ1) is 12.1. The molecule has 0 spiro atoms. The van der Waals surface area contributed by atoms with Crippen LogP contribution in [0.15, 0.2) is 6.07 Å². The molecule has 1 N–H and O–H groups in total. The van der Waals surface area contributed by atoms with Crippen molar-refractivity contribution in [3.05, 3.63) is 23.0 Å². The number of anilines is 1. The number of likely N-dealkylation sites (tertiary alicyclic amines) is 1. The van der Waals surface area contributed by atoms with Crippen molar-refractivity contribution in [1.29, 1.82) is 0 Å². The largest absolute Gasteiger partial charge is 0.377 e. The number of aryl methyl sites for hydroxylation is 3. The standard InChI is InChI=1S/C19H29N5O/c1-13-11-18(24-19(20-13)14(2)15(3)22-24)21-16-6-8-23(9-7-16)12-17-5-4-10-25-17/h11,16-17,21H,4-10,12H2,1-3H3/t17-/m1/s1. The normalized spacial score (nSPS) is 22.8. The first-order valence-electron chi connectivity index (χ1n) is 9.54. The average molecular weight is 343 g/mol. The molecule has 0 saturated carbocycles. The number of hydrogen-bond acceptors (Lipinski definition) is 5. The van der Waals surface area contributed by atoms with Crippen LogP contribution in [0.25, 0.3) is 5.65 Å². The van der Waals surface area contributed by atoms with E-state index in [0.29, 0.717) is 12.1 Å². The average Bonchev–Trinajstić information content (AvgIpc) is 3.20. The highest BCUT2D eigenvalue weighted by atomic mass is 16.5. The van der Waals surface area contributed by atoms with Crippen LogP contribution in [-0.4, -0.2) is 57.9 Å². The fraction of sp³-hybridized carbons (Fsp3) is 0.684. The van der Waals surface area contributed by atoms with Gasteiger partial charge in [-0.3, -0.25) is 0 Å². The fourth-order valence-electron chi connectivity index (χ4n) is 4.00. The van der Waals surface area contributed by atoms with Crippen LogP contribution < -0.4 is 5.32 Å². The van der Waals surface area contributed by atoms with Crippen LogP contribution >= 0.6 is 0 Å². The molecule has 4 rings (SSSR count). The summed E-state index contributed by atoms with van der Waals surface area (Å²) in [6.07, 6.45) is 5.23. The molecule has 2 fully saturated rings. The summed E-state index contributed by atoms with van der Waals surface area (Å²) >= 11 is 0. The lowest BCUT2D eigenvalue weighted by Crippen LogP contribution is -2.42. The van der Waals surface area contributed by atoms with E-state index in [0.717, 1.165) is 67.5 Å². The van der Waals surface area contributed by atoms with Gasteiger partial charge < -0.3 is 15.0 Å². The molecule has 0 unspecified atom stereocenters. The minimum Gasteiger partial charge on any atom is -0.377 e. The van der Waals surface area contributed by atoms with E-state index in [2.05, 4.69) is 40.2 Å². The van der Waals surface area contributed by atoms with Crippen molar-refractivity contribution in [3.63, 3.8) is 0 Å². The third-order valence-electron chi connectivity index (χ3n) is 5.61. The zero-order valence-electron chi connectivity index (χ0n) is 15.6. The van der Waals surface area contributed by atoms with E-state index in [4.69, 9.17) is 4.74 Å². The molecular formula is C19H29N5O. The molecule has 136 valence electrons. The van der Waals surface area contributed by atoms with Crippen LogP contribution in [0.2, 0.25) is 0 Å². The van der Waals surface area contributed by atoms with Crippen LogP contribution in [-0.2, 0) is 4.74 Å². The molecule has 2 aliphatic heterocycles. The van der Waals surface area contributed by atoms with Gasteiger partial charge in [0.05, 0.1) is 11.8 Å². The predicted octanol–water partition coefficient (Wildman–Crippen LogP) is 2.71. The number of nitrogens with zero attached hydrogens (tertiary/aromatic N) is 4. The third kappa shape index (κ3) is 3.51. The number of aromatic nitrogens is 3. The molecule has 0 radical (unpaired) electrons. The predicted molar refractivity (Wildman–Crippen MR) is 99.3 cm³/mol. The minimum atomic E-state index is 0.460. The lowest BCUT2D eigenvalue weighted by atomic mass is 10.0. The van der Waals surface area contributed by atoms with Gasteiger partial charge in [-0.25, -0.2) is 4.98 Å².